The predicted molar refractivity (Wildman–Crippen MR) is 66.4 cm³/mol. The minimum absolute atomic E-state index is 0.116. The van der Waals surface area contributed by atoms with Crippen molar-refractivity contribution in [1.82, 2.24) is 5.32 Å². The molecule has 1 amide bonds. The molecule has 0 unspecified atom stereocenters. The average molecular weight is 231 g/mol. The summed E-state index contributed by atoms with van der Waals surface area (Å²) in [6, 6.07) is 0.116. The Balaban J connectivity index is 3.71. The SMILES string of the molecule is C=CCSC[C@@H](C)NC(=O)OC(C)(C)C. The molecule has 15 heavy (non-hydrogen) atoms. The maximum absolute atomic E-state index is 11.3. The summed E-state index contributed by atoms with van der Waals surface area (Å²) in [6.45, 7) is 11.1. The quantitative estimate of drug-likeness (QED) is 0.584. The number of alkyl carbamates (subject to hydrolysis) is 1. The molecular formula is C11H21NO2S. The van der Waals surface area contributed by atoms with Gasteiger partial charge in [-0.25, -0.2) is 4.79 Å². The average Bonchev–Trinajstić information content (AvgIpc) is 2.00. The van der Waals surface area contributed by atoms with E-state index in [1.165, 1.54) is 0 Å². The number of hydrogen-bond acceptors (Lipinski definition) is 3. The first-order chi connectivity index (χ1) is 6.85. The highest BCUT2D eigenvalue weighted by molar-refractivity contribution is 7.99. The third-order valence-electron chi connectivity index (χ3n) is 1.37. The van der Waals surface area contributed by atoms with Crippen molar-refractivity contribution in [3.63, 3.8) is 0 Å². The lowest BCUT2D eigenvalue weighted by Crippen LogP contribution is -2.38. The van der Waals surface area contributed by atoms with Gasteiger partial charge in [0.15, 0.2) is 0 Å². The molecule has 0 radical (unpaired) electrons. The Labute approximate surface area is 96.6 Å². The maximum Gasteiger partial charge on any atom is 0.407 e. The summed E-state index contributed by atoms with van der Waals surface area (Å²) in [7, 11) is 0. The summed E-state index contributed by atoms with van der Waals surface area (Å²) in [5, 5.41) is 2.78. The van der Waals surface area contributed by atoms with Gasteiger partial charge in [0.25, 0.3) is 0 Å². The molecule has 1 atom stereocenters. The topological polar surface area (TPSA) is 38.3 Å². The van der Waals surface area contributed by atoms with E-state index >= 15 is 0 Å². The third kappa shape index (κ3) is 9.66. The summed E-state index contributed by atoms with van der Waals surface area (Å²) < 4.78 is 5.14. The van der Waals surface area contributed by atoms with E-state index in [2.05, 4.69) is 11.9 Å². The van der Waals surface area contributed by atoms with Gasteiger partial charge in [-0.15, -0.1) is 6.58 Å². The molecule has 0 aliphatic heterocycles. The number of amides is 1. The fourth-order valence-corrected chi connectivity index (χ4v) is 1.62. The lowest BCUT2D eigenvalue weighted by atomic mass is 10.2. The van der Waals surface area contributed by atoms with E-state index in [1.807, 2.05) is 33.8 Å². The van der Waals surface area contributed by atoms with Crippen LogP contribution in [0, 0.1) is 0 Å². The van der Waals surface area contributed by atoms with Crippen LogP contribution in [-0.4, -0.2) is 29.2 Å². The first-order valence-corrected chi connectivity index (χ1v) is 6.19. The lowest BCUT2D eigenvalue weighted by molar-refractivity contribution is 0.0513. The Hall–Kier alpha value is -0.640. The first-order valence-electron chi connectivity index (χ1n) is 5.03. The highest BCUT2D eigenvalue weighted by atomic mass is 32.2. The van der Waals surface area contributed by atoms with E-state index in [0.29, 0.717) is 0 Å². The molecule has 0 heterocycles. The number of carbonyl (C=O) groups excluding carboxylic acids is 1. The van der Waals surface area contributed by atoms with Crippen LogP contribution in [0.15, 0.2) is 12.7 Å². The van der Waals surface area contributed by atoms with Crippen LogP contribution in [0.1, 0.15) is 27.7 Å². The number of thioether (sulfide) groups is 1. The summed E-state index contributed by atoms with van der Waals surface area (Å²) in [5.41, 5.74) is -0.432. The van der Waals surface area contributed by atoms with Crippen LogP contribution in [0.3, 0.4) is 0 Å². The minimum atomic E-state index is -0.432. The lowest BCUT2D eigenvalue weighted by Gasteiger charge is -2.21. The largest absolute Gasteiger partial charge is 0.444 e. The molecule has 0 saturated carbocycles. The van der Waals surface area contributed by atoms with Crippen LogP contribution in [0.2, 0.25) is 0 Å². The third-order valence-corrected chi connectivity index (χ3v) is 2.57. The Kier molecular flexibility index (Phi) is 6.48. The Morgan fingerprint density at radius 1 is 1.60 bits per heavy atom. The molecule has 0 aromatic heterocycles. The van der Waals surface area contributed by atoms with Crippen molar-refractivity contribution in [3.8, 4) is 0 Å². The van der Waals surface area contributed by atoms with Crippen LogP contribution in [0.4, 0.5) is 4.79 Å². The van der Waals surface area contributed by atoms with E-state index < -0.39 is 5.60 Å². The molecule has 0 aromatic carbocycles. The molecule has 0 saturated heterocycles. The number of rotatable bonds is 5. The smallest absolute Gasteiger partial charge is 0.407 e. The summed E-state index contributed by atoms with van der Waals surface area (Å²) in [5.74, 6) is 1.77. The van der Waals surface area contributed by atoms with Crippen LogP contribution < -0.4 is 5.32 Å². The van der Waals surface area contributed by atoms with E-state index in [0.717, 1.165) is 11.5 Å². The second kappa shape index (κ2) is 6.77. The van der Waals surface area contributed by atoms with Gasteiger partial charge in [-0.2, -0.15) is 11.8 Å². The second-order valence-corrected chi connectivity index (χ2v) is 5.45. The summed E-state index contributed by atoms with van der Waals surface area (Å²) in [6.07, 6.45) is 1.50. The molecule has 0 aromatic rings. The van der Waals surface area contributed by atoms with Crippen LogP contribution in [-0.2, 0) is 4.74 Å². The van der Waals surface area contributed by atoms with Crippen molar-refractivity contribution in [2.45, 2.75) is 39.3 Å². The van der Waals surface area contributed by atoms with Crippen molar-refractivity contribution in [2.75, 3.05) is 11.5 Å². The zero-order valence-corrected chi connectivity index (χ0v) is 10.8. The first kappa shape index (κ1) is 14.4. The van der Waals surface area contributed by atoms with E-state index in [4.69, 9.17) is 4.74 Å². The molecule has 0 rings (SSSR count). The van der Waals surface area contributed by atoms with Crippen molar-refractivity contribution < 1.29 is 9.53 Å². The number of hydrogen-bond donors (Lipinski definition) is 1. The van der Waals surface area contributed by atoms with Crippen LogP contribution in [0.5, 0.6) is 0 Å². The number of carbonyl (C=O) groups is 1. The standard InChI is InChI=1S/C11H21NO2S/c1-6-7-15-8-9(2)12-10(13)14-11(3,4)5/h6,9H,1,7-8H2,2-5H3,(H,12,13)/t9-/m1/s1. The van der Waals surface area contributed by atoms with E-state index in [1.54, 1.807) is 11.8 Å². The van der Waals surface area contributed by atoms with Crippen molar-refractivity contribution in [2.24, 2.45) is 0 Å². The molecule has 0 spiro atoms. The van der Waals surface area contributed by atoms with Crippen molar-refractivity contribution in [1.29, 1.82) is 0 Å². The van der Waals surface area contributed by atoms with Gasteiger partial charge in [-0.1, -0.05) is 6.08 Å². The highest BCUT2D eigenvalue weighted by Crippen LogP contribution is 2.08. The summed E-state index contributed by atoms with van der Waals surface area (Å²) >= 11 is 1.73. The zero-order valence-electron chi connectivity index (χ0n) is 10.0. The van der Waals surface area contributed by atoms with Gasteiger partial charge in [0.05, 0.1) is 0 Å². The van der Waals surface area contributed by atoms with Gasteiger partial charge >= 0.3 is 6.09 Å². The molecule has 0 aliphatic carbocycles. The van der Waals surface area contributed by atoms with Gasteiger partial charge in [0.1, 0.15) is 5.60 Å². The molecular weight excluding hydrogens is 210 g/mol. The molecule has 88 valence electrons. The molecule has 3 nitrogen and oxygen atoms in total. The van der Waals surface area contributed by atoms with Crippen molar-refractivity contribution >= 4 is 17.9 Å². The van der Waals surface area contributed by atoms with E-state index in [-0.39, 0.29) is 12.1 Å². The van der Waals surface area contributed by atoms with Gasteiger partial charge in [0, 0.05) is 17.5 Å². The Morgan fingerprint density at radius 3 is 2.67 bits per heavy atom. The number of nitrogens with one attached hydrogen (secondary N) is 1. The number of ether oxygens (including phenoxy) is 1. The fraction of sp³-hybridized carbons (Fsp3) is 0.727. The van der Waals surface area contributed by atoms with Gasteiger partial charge in [0.2, 0.25) is 0 Å². The highest BCUT2D eigenvalue weighted by Gasteiger charge is 2.17. The predicted octanol–water partition coefficient (Wildman–Crippen LogP) is 2.82. The van der Waals surface area contributed by atoms with Crippen LogP contribution >= 0.6 is 11.8 Å². The zero-order chi connectivity index (χ0) is 11.9. The van der Waals surface area contributed by atoms with E-state index in [9.17, 15) is 4.79 Å². The fourth-order valence-electron chi connectivity index (χ4n) is 0.879. The maximum atomic E-state index is 11.3. The van der Waals surface area contributed by atoms with Gasteiger partial charge < -0.3 is 10.1 Å². The minimum Gasteiger partial charge on any atom is -0.444 e. The van der Waals surface area contributed by atoms with Crippen LogP contribution in [0.25, 0.3) is 0 Å². The molecule has 0 fully saturated rings. The van der Waals surface area contributed by atoms with Crippen molar-refractivity contribution in [3.05, 3.63) is 12.7 Å². The van der Waals surface area contributed by atoms with Gasteiger partial charge in [-0.05, 0) is 27.7 Å². The molecule has 0 aliphatic rings. The Morgan fingerprint density at radius 2 is 2.20 bits per heavy atom. The molecule has 1 N–H and O–H groups in total. The monoisotopic (exact) mass is 231 g/mol. The second-order valence-electron chi connectivity index (χ2n) is 4.37. The van der Waals surface area contributed by atoms with Gasteiger partial charge in [-0.3, -0.25) is 0 Å². The summed E-state index contributed by atoms with van der Waals surface area (Å²) in [4.78, 5) is 11.3. The normalized spacial score (nSPS) is 13.1. The molecule has 0 bridgehead atoms. The molecule has 4 heteroatoms. The Bertz CT molecular complexity index is 211.